The first kappa shape index (κ1) is 29.9. The van der Waals surface area contributed by atoms with Gasteiger partial charge in [-0.25, -0.2) is 15.0 Å². The second-order valence-electron chi connectivity index (χ2n) is 13.3. The van der Waals surface area contributed by atoms with Gasteiger partial charge in [-0.1, -0.05) is 109 Å². The van der Waals surface area contributed by atoms with Gasteiger partial charge in [-0.15, -0.1) is 11.3 Å². The van der Waals surface area contributed by atoms with E-state index in [1.807, 2.05) is 84.1 Å². The van der Waals surface area contributed by atoms with Crippen molar-refractivity contribution in [3.8, 4) is 45.6 Å². The second-order valence-corrected chi connectivity index (χ2v) is 14.4. The molecule has 10 aromatic rings. The van der Waals surface area contributed by atoms with Crippen LogP contribution in [-0.4, -0.2) is 19.5 Å². The highest BCUT2D eigenvalue weighted by Gasteiger charge is 2.25. The Bertz CT molecular complexity index is 2970. The number of anilines is 1. The molecule has 4 heterocycles. The van der Waals surface area contributed by atoms with Crippen LogP contribution in [0, 0.1) is 0 Å². The van der Waals surface area contributed by atoms with Crippen molar-refractivity contribution < 1.29 is 4.74 Å². The predicted molar refractivity (Wildman–Crippen MR) is 217 cm³/mol. The average Bonchev–Trinajstić information content (AvgIpc) is 3.92. The van der Waals surface area contributed by atoms with Gasteiger partial charge in [-0.3, -0.25) is 0 Å². The molecule has 3 aromatic heterocycles. The molecule has 250 valence electrons. The molecule has 1 N–H and O–H groups in total. The van der Waals surface area contributed by atoms with Crippen LogP contribution >= 0.6 is 11.3 Å². The Morgan fingerprint density at radius 3 is 1.94 bits per heavy atom. The van der Waals surface area contributed by atoms with Crippen molar-refractivity contribution in [2.75, 3.05) is 5.32 Å². The Morgan fingerprint density at radius 1 is 0.491 bits per heavy atom. The van der Waals surface area contributed by atoms with Gasteiger partial charge in [0.25, 0.3) is 0 Å². The zero-order valence-electron chi connectivity index (χ0n) is 28.3. The number of thiophene rings is 1. The van der Waals surface area contributed by atoms with Gasteiger partial charge >= 0.3 is 0 Å². The highest BCUT2D eigenvalue weighted by Crippen LogP contribution is 2.43. The molecule has 0 spiro atoms. The maximum atomic E-state index is 6.54. The minimum Gasteiger partial charge on any atom is -0.464 e. The maximum absolute atomic E-state index is 6.54. The summed E-state index contributed by atoms with van der Waals surface area (Å²) in [4.78, 5) is 14.7. The van der Waals surface area contributed by atoms with Crippen LogP contribution < -0.4 is 10.1 Å². The van der Waals surface area contributed by atoms with Crippen LogP contribution in [0.25, 0.3) is 81.8 Å². The third kappa shape index (κ3) is 4.97. The van der Waals surface area contributed by atoms with E-state index >= 15 is 0 Å². The summed E-state index contributed by atoms with van der Waals surface area (Å²) in [5.41, 5.74) is 8.14. The molecule has 0 saturated heterocycles. The third-order valence-electron chi connectivity index (χ3n) is 10.1. The second kappa shape index (κ2) is 11.9. The minimum atomic E-state index is -0.360. The van der Waals surface area contributed by atoms with E-state index in [1.54, 1.807) is 0 Å². The lowest BCUT2D eigenvalue weighted by Gasteiger charge is -2.15. The summed E-state index contributed by atoms with van der Waals surface area (Å²) < 4.78 is 11.5. The highest BCUT2D eigenvalue weighted by molar-refractivity contribution is 7.25. The number of benzene rings is 7. The molecule has 0 aliphatic carbocycles. The number of aromatic nitrogens is 4. The number of para-hydroxylation sites is 1. The van der Waals surface area contributed by atoms with E-state index in [1.165, 1.54) is 42.0 Å². The summed E-state index contributed by atoms with van der Waals surface area (Å²) in [7, 11) is 0. The molecule has 11 rings (SSSR count). The Balaban J connectivity index is 0.966. The van der Waals surface area contributed by atoms with Gasteiger partial charge in [0.05, 0.1) is 16.7 Å². The number of fused-ring (bicyclic) bond motifs is 7. The molecule has 0 radical (unpaired) electrons. The van der Waals surface area contributed by atoms with Crippen LogP contribution in [0.2, 0.25) is 0 Å². The molecule has 53 heavy (non-hydrogen) atoms. The summed E-state index contributed by atoms with van der Waals surface area (Å²) in [6.07, 6.45) is -0.360. The summed E-state index contributed by atoms with van der Waals surface area (Å²) >= 11 is 1.85. The minimum absolute atomic E-state index is 0.360. The summed E-state index contributed by atoms with van der Waals surface area (Å²) in [6, 6.07) is 56.9. The largest absolute Gasteiger partial charge is 0.464 e. The number of nitrogens with one attached hydrogen (secondary N) is 1. The van der Waals surface area contributed by atoms with Crippen LogP contribution in [-0.2, 0) is 0 Å². The van der Waals surface area contributed by atoms with Crippen molar-refractivity contribution in [1.82, 2.24) is 19.5 Å². The lowest BCUT2D eigenvalue weighted by molar-refractivity contribution is 0.260. The van der Waals surface area contributed by atoms with Crippen LogP contribution in [0.1, 0.15) is 11.8 Å². The first-order valence-corrected chi connectivity index (χ1v) is 18.4. The molecule has 0 bridgehead atoms. The summed E-state index contributed by atoms with van der Waals surface area (Å²) in [5, 5.41) is 8.75. The van der Waals surface area contributed by atoms with Crippen LogP contribution in [0.15, 0.2) is 164 Å². The van der Waals surface area contributed by atoms with Crippen molar-refractivity contribution in [3.05, 3.63) is 169 Å². The number of nitrogens with zero attached hydrogens (tertiary/aromatic N) is 4. The molecule has 1 unspecified atom stereocenters. The van der Waals surface area contributed by atoms with Gasteiger partial charge in [0, 0.05) is 58.9 Å². The zero-order chi connectivity index (χ0) is 34.9. The SMILES string of the molecule is c1ccc(-c2nc(-c3ccccc3)nc(-c3ccc4c(c3)NC(c3cccc(-n5c6ccccc6c6cc7c(cc65)sc5ccccc57)c3)O4)n2)cc1. The Labute approximate surface area is 308 Å². The van der Waals surface area contributed by atoms with Gasteiger partial charge in [0.2, 0.25) is 0 Å². The van der Waals surface area contributed by atoms with E-state index in [-0.39, 0.29) is 6.23 Å². The molecule has 6 nitrogen and oxygen atoms in total. The van der Waals surface area contributed by atoms with Crippen molar-refractivity contribution in [1.29, 1.82) is 0 Å². The van der Waals surface area contributed by atoms with Gasteiger partial charge < -0.3 is 14.6 Å². The molecule has 1 atom stereocenters. The van der Waals surface area contributed by atoms with Crippen LogP contribution in [0.3, 0.4) is 0 Å². The molecule has 1 aliphatic heterocycles. The normalized spacial score (nSPS) is 13.8. The van der Waals surface area contributed by atoms with E-state index in [9.17, 15) is 0 Å². The van der Waals surface area contributed by atoms with Crippen molar-refractivity contribution in [2.24, 2.45) is 0 Å². The number of hydrogen-bond donors (Lipinski definition) is 1. The summed E-state index contributed by atoms with van der Waals surface area (Å²) in [6.45, 7) is 0. The Hall–Kier alpha value is -6.83. The number of rotatable bonds is 5. The van der Waals surface area contributed by atoms with Gasteiger partial charge in [-0.05, 0) is 54.6 Å². The van der Waals surface area contributed by atoms with Crippen molar-refractivity contribution in [3.63, 3.8) is 0 Å². The molecule has 0 fully saturated rings. The van der Waals surface area contributed by atoms with E-state index in [0.29, 0.717) is 17.5 Å². The van der Waals surface area contributed by atoms with E-state index in [4.69, 9.17) is 19.7 Å². The lowest BCUT2D eigenvalue weighted by atomic mass is 10.1. The first-order chi connectivity index (χ1) is 26.2. The lowest BCUT2D eigenvalue weighted by Crippen LogP contribution is -2.10. The fraction of sp³-hybridized carbons (Fsp3) is 0.0217. The average molecular weight is 700 g/mol. The van der Waals surface area contributed by atoms with Gasteiger partial charge in [0.15, 0.2) is 23.7 Å². The van der Waals surface area contributed by atoms with E-state index in [2.05, 4.69) is 101 Å². The standard InChI is InChI=1S/C46H29N5OS/c1-3-12-28(13-4-1)43-48-44(29-14-5-2-6-15-29)50-45(49-43)30-22-23-40-37(25-30)47-46(52-40)31-16-11-17-32(24-31)51-38-20-9-7-18-33(38)35-26-36-34-19-8-10-21-41(34)53-42(36)27-39(35)51/h1-27,46-47H. The zero-order valence-corrected chi connectivity index (χ0v) is 29.1. The highest BCUT2D eigenvalue weighted by atomic mass is 32.1. The monoisotopic (exact) mass is 699 g/mol. The molecule has 7 heteroatoms. The predicted octanol–water partition coefficient (Wildman–Crippen LogP) is 11.8. The van der Waals surface area contributed by atoms with Gasteiger partial charge in [0.1, 0.15) is 5.75 Å². The molecule has 0 saturated carbocycles. The fourth-order valence-corrected chi connectivity index (χ4v) is 8.68. The summed E-state index contributed by atoms with van der Waals surface area (Å²) in [5.74, 6) is 2.65. The molecule has 7 aromatic carbocycles. The Morgan fingerprint density at radius 2 is 1.17 bits per heavy atom. The fourth-order valence-electron chi connectivity index (χ4n) is 7.56. The molecule has 1 aliphatic rings. The molecular weight excluding hydrogens is 671 g/mol. The Kier molecular flexibility index (Phi) is 6.69. The smallest absolute Gasteiger partial charge is 0.196 e. The van der Waals surface area contributed by atoms with E-state index < -0.39 is 0 Å². The van der Waals surface area contributed by atoms with Crippen molar-refractivity contribution >= 4 is 59.0 Å². The quantitative estimate of drug-likeness (QED) is 0.194. The topological polar surface area (TPSA) is 64.9 Å². The van der Waals surface area contributed by atoms with E-state index in [0.717, 1.165) is 39.4 Å². The molecular formula is C46H29N5OS. The molecule has 0 amide bonds. The maximum Gasteiger partial charge on any atom is 0.196 e. The van der Waals surface area contributed by atoms with Crippen LogP contribution in [0.5, 0.6) is 5.75 Å². The van der Waals surface area contributed by atoms with Crippen molar-refractivity contribution in [2.45, 2.75) is 6.23 Å². The number of hydrogen-bond acceptors (Lipinski definition) is 6. The third-order valence-corrected chi connectivity index (χ3v) is 11.2. The van der Waals surface area contributed by atoms with Crippen LogP contribution in [0.4, 0.5) is 5.69 Å². The van der Waals surface area contributed by atoms with Gasteiger partial charge in [-0.2, -0.15) is 0 Å². The first-order valence-electron chi connectivity index (χ1n) is 17.6. The number of ether oxygens (including phenoxy) is 1.